The lowest BCUT2D eigenvalue weighted by Crippen LogP contribution is -2.45. The van der Waals surface area contributed by atoms with Crippen molar-refractivity contribution in [2.75, 3.05) is 7.05 Å². The van der Waals surface area contributed by atoms with Crippen molar-refractivity contribution in [1.82, 2.24) is 4.90 Å². The largest absolute Gasteiger partial charge is 0.393 e. The van der Waals surface area contributed by atoms with Crippen LogP contribution >= 0.6 is 0 Å². The fraction of sp³-hybridized carbons (Fsp3) is 0.923. The van der Waals surface area contributed by atoms with Crippen molar-refractivity contribution in [2.24, 2.45) is 0 Å². The maximum Gasteiger partial charge on any atom is 0.131 e. The summed E-state index contributed by atoms with van der Waals surface area (Å²) < 4.78 is 0. The van der Waals surface area contributed by atoms with E-state index in [9.17, 15) is 9.90 Å². The molecule has 0 radical (unpaired) electrons. The number of hydrogen-bond acceptors (Lipinski definition) is 3. The lowest BCUT2D eigenvalue weighted by atomic mass is 9.90. The summed E-state index contributed by atoms with van der Waals surface area (Å²) in [7, 11) is 2.10. The molecule has 0 amide bonds. The van der Waals surface area contributed by atoms with Crippen LogP contribution in [-0.2, 0) is 4.79 Å². The zero-order valence-corrected chi connectivity index (χ0v) is 10.8. The SMILES string of the molecule is CC[C@H](O)CC1CCCC(CC(C)=O)N1C. The predicted molar refractivity (Wildman–Crippen MR) is 65.4 cm³/mol. The first-order valence-corrected chi connectivity index (χ1v) is 6.44. The Balaban J connectivity index is 2.49. The molecular weight excluding hydrogens is 202 g/mol. The van der Waals surface area contributed by atoms with E-state index in [1.54, 1.807) is 6.92 Å². The highest BCUT2D eigenvalue weighted by Gasteiger charge is 2.29. The predicted octanol–water partition coefficient (Wildman–Crippen LogP) is 1.98. The van der Waals surface area contributed by atoms with Gasteiger partial charge in [0, 0.05) is 18.5 Å². The van der Waals surface area contributed by atoms with E-state index in [4.69, 9.17) is 0 Å². The molecule has 1 fully saturated rings. The average molecular weight is 227 g/mol. The zero-order valence-electron chi connectivity index (χ0n) is 10.8. The number of piperidine rings is 1. The van der Waals surface area contributed by atoms with Crippen molar-refractivity contribution in [3.8, 4) is 0 Å². The Kier molecular flexibility index (Phi) is 5.42. The molecule has 0 aliphatic carbocycles. The van der Waals surface area contributed by atoms with E-state index in [0.717, 1.165) is 25.7 Å². The van der Waals surface area contributed by atoms with Crippen molar-refractivity contribution in [1.29, 1.82) is 0 Å². The van der Waals surface area contributed by atoms with E-state index in [2.05, 4.69) is 11.9 Å². The quantitative estimate of drug-likeness (QED) is 0.780. The van der Waals surface area contributed by atoms with Gasteiger partial charge in [-0.3, -0.25) is 9.69 Å². The number of Topliss-reactive ketones (excluding diaryl/α,β-unsaturated/α-hetero) is 1. The molecule has 3 atom stereocenters. The summed E-state index contributed by atoms with van der Waals surface area (Å²) in [6.45, 7) is 3.68. The summed E-state index contributed by atoms with van der Waals surface area (Å²) in [5, 5.41) is 9.70. The summed E-state index contributed by atoms with van der Waals surface area (Å²) >= 11 is 0. The van der Waals surface area contributed by atoms with E-state index >= 15 is 0 Å². The molecule has 1 heterocycles. The number of aliphatic hydroxyl groups excluding tert-OH is 1. The molecule has 1 aliphatic rings. The molecule has 94 valence electrons. The van der Waals surface area contributed by atoms with Gasteiger partial charge in [-0.15, -0.1) is 0 Å². The molecule has 0 aromatic heterocycles. The fourth-order valence-electron chi connectivity index (χ4n) is 2.64. The molecule has 1 N–H and O–H groups in total. The first kappa shape index (κ1) is 13.7. The summed E-state index contributed by atoms with van der Waals surface area (Å²) in [6, 6.07) is 0.841. The van der Waals surface area contributed by atoms with Crippen LogP contribution < -0.4 is 0 Å². The van der Waals surface area contributed by atoms with Gasteiger partial charge in [0.15, 0.2) is 0 Å². The molecule has 1 aliphatic heterocycles. The van der Waals surface area contributed by atoms with Crippen LogP contribution in [0.5, 0.6) is 0 Å². The van der Waals surface area contributed by atoms with Gasteiger partial charge >= 0.3 is 0 Å². The molecule has 16 heavy (non-hydrogen) atoms. The lowest BCUT2D eigenvalue weighted by Gasteiger charge is -2.40. The third-order valence-electron chi connectivity index (χ3n) is 3.77. The minimum atomic E-state index is -0.191. The second-order valence-electron chi connectivity index (χ2n) is 5.11. The zero-order chi connectivity index (χ0) is 12.1. The van der Waals surface area contributed by atoms with Crippen molar-refractivity contribution in [2.45, 2.75) is 70.6 Å². The smallest absolute Gasteiger partial charge is 0.131 e. The maximum atomic E-state index is 11.2. The van der Waals surface area contributed by atoms with Gasteiger partial charge in [-0.1, -0.05) is 13.3 Å². The van der Waals surface area contributed by atoms with Crippen molar-refractivity contribution in [3.05, 3.63) is 0 Å². The molecule has 1 rings (SSSR count). The molecule has 3 heteroatoms. The number of hydrogen-bond donors (Lipinski definition) is 1. The van der Waals surface area contributed by atoms with Gasteiger partial charge in [0.05, 0.1) is 6.10 Å². The molecule has 2 unspecified atom stereocenters. The minimum absolute atomic E-state index is 0.191. The molecule has 0 saturated carbocycles. The average Bonchev–Trinajstić information content (AvgIpc) is 2.23. The van der Waals surface area contributed by atoms with Crippen LogP contribution in [0, 0.1) is 0 Å². The van der Waals surface area contributed by atoms with Gasteiger partial charge in [-0.05, 0) is 39.7 Å². The summed E-state index contributed by atoms with van der Waals surface area (Å²) in [4.78, 5) is 13.5. The standard InChI is InChI=1S/C13H25NO2/c1-4-13(16)9-12-7-5-6-11(14(12)3)8-10(2)15/h11-13,16H,4-9H2,1-3H3/t11?,12?,13-/m0/s1. The second kappa shape index (κ2) is 6.36. The first-order chi connectivity index (χ1) is 7.54. The van der Waals surface area contributed by atoms with E-state index in [1.807, 2.05) is 6.92 Å². The normalized spacial score (nSPS) is 29.0. The number of likely N-dealkylation sites (tertiary alicyclic amines) is 1. The monoisotopic (exact) mass is 227 g/mol. The highest BCUT2D eigenvalue weighted by molar-refractivity contribution is 5.76. The van der Waals surface area contributed by atoms with Crippen LogP contribution in [0.25, 0.3) is 0 Å². The molecule has 1 saturated heterocycles. The minimum Gasteiger partial charge on any atom is -0.393 e. The first-order valence-electron chi connectivity index (χ1n) is 6.44. The Morgan fingerprint density at radius 2 is 2.06 bits per heavy atom. The topological polar surface area (TPSA) is 40.5 Å². The van der Waals surface area contributed by atoms with E-state index in [1.165, 1.54) is 6.42 Å². The summed E-state index contributed by atoms with van der Waals surface area (Å²) in [5.41, 5.74) is 0. The number of nitrogens with zero attached hydrogens (tertiary/aromatic N) is 1. The van der Waals surface area contributed by atoms with Crippen LogP contribution in [-0.4, -0.2) is 41.0 Å². The van der Waals surface area contributed by atoms with Gasteiger partial charge in [0.25, 0.3) is 0 Å². The van der Waals surface area contributed by atoms with Crippen LogP contribution in [0.15, 0.2) is 0 Å². The Morgan fingerprint density at radius 1 is 1.44 bits per heavy atom. The summed E-state index contributed by atoms with van der Waals surface area (Å²) in [6.07, 6.45) is 5.60. The Hall–Kier alpha value is -0.410. The van der Waals surface area contributed by atoms with Crippen molar-refractivity contribution >= 4 is 5.78 Å². The van der Waals surface area contributed by atoms with Gasteiger partial charge in [0.2, 0.25) is 0 Å². The second-order valence-corrected chi connectivity index (χ2v) is 5.11. The van der Waals surface area contributed by atoms with E-state index in [-0.39, 0.29) is 11.9 Å². The number of carbonyl (C=O) groups is 1. The van der Waals surface area contributed by atoms with Gasteiger partial charge < -0.3 is 5.11 Å². The molecule has 0 bridgehead atoms. The number of carbonyl (C=O) groups excluding carboxylic acids is 1. The van der Waals surface area contributed by atoms with Crippen LogP contribution in [0.3, 0.4) is 0 Å². The van der Waals surface area contributed by atoms with Crippen LogP contribution in [0.4, 0.5) is 0 Å². The Bertz CT molecular complexity index is 230. The highest BCUT2D eigenvalue weighted by atomic mass is 16.3. The molecule has 0 spiro atoms. The maximum absolute atomic E-state index is 11.2. The van der Waals surface area contributed by atoms with Crippen LogP contribution in [0.2, 0.25) is 0 Å². The van der Waals surface area contributed by atoms with Gasteiger partial charge in [0.1, 0.15) is 5.78 Å². The van der Waals surface area contributed by atoms with Gasteiger partial charge in [-0.25, -0.2) is 0 Å². The van der Waals surface area contributed by atoms with Crippen LogP contribution in [0.1, 0.15) is 52.4 Å². The molecule has 0 aromatic carbocycles. The molecule has 3 nitrogen and oxygen atoms in total. The number of ketones is 1. The Morgan fingerprint density at radius 3 is 2.62 bits per heavy atom. The number of rotatable bonds is 5. The van der Waals surface area contributed by atoms with E-state index in [0.29, 0.717) is 18.5 Å². The third kappa shape index (κ3) is 3.87. The van der Waals surface area contributed by atoms with Gasteiger partial charge in [-0.2, -0.15) is 0 Å². The lowest BCUT2D eigenvalue weighted by molar-refractivity contribution is -0.118. The fourth-order valence-corrected chi connectivity index (χ4v) is 2.64. The molecular formula is C13H25NO2. The Labute approximate surface area is 98.8 Å². The molecule has 0 aromatic rings. The highest BCUT2D eigenvalue weighted by Crippen LogP contribution is 2.26. The number of aliphatic hydroxyl groups is 1. The van der Waals surface area contributed by atoms with Crippen molar-refractivity contribution < 1.29 is 9.90 Å². The van der Waals surface area contributed by atoms with Crippen molar-refractivity contribution in [3.63, 3.8) is 0 Å². The van der Waals surface area contributed by atoms with E-state index < -0.39 is 0 Å². The third-order valence-corrected chi connectivity index (χ3v) is 3.77. The summed E-state index contributed by atoms with van der Waals surface area (Å²) in [5.74, 6) is 0.272.